The van der Waals surface area contributed by atoms with Crippen LogP contribution in [0.15, 0.2) is 12.1 Å². The molecular formula is C16H24O. The summed E-state index contributed by atoms with van der Waals surface area (Å²) in [6.07, 6.45) is 3.12. The summed E-state index contributed by atoms with van der Waals surface area (Å²) < 4.78 is 0. The van der Waals surface area contributed by atoms with Gasteiger partial charge in [-0.2, -0.15) is 0 Å². The smallest absolute Gasteiger partial charge is 0.0949 e. The van der Waals surface area contributed by atoms with Gasteiger partial charge in [-0.05, 0) is 67.7 Å². The Kier molecular flexibility index (Phi) is 2.86. The fraction of sp³-hybridized carbons (Fsp3) is 0.625. The van der Waals surface area contributed by atoms with E-state index in [-0.39, 0.29) is 5.41 Å². The second-order valence-electron chi connectivity index (χ2n) is 6.35. The molecule has 0 aliphatic heterocycles. The van der Waals surface area contributed by atoms with Crippen LogP contribution in [0.5, 0.6) is 0 Å². The Balaban J connectivity index is 2.57. The highest BCUT2D eigenvalue weighted by Gasteiger charge is 2.49. The van der Waals surface area contributed by atoms with Gasteiger partial charge in [0.05, 0.1) is 5.60 Å². The Hall–Kier alpha value is -0.820. The van der Waals surface area contributed by atoms with Crippen LogP contribution in [0.25, 0.3) is 0 Å². The van der Waals surface area contributed by atoms with Crippen LogP contribution in [0.3, 0.4) is 0 Å². The summed E-state index contributed by atoms with van der Waals surface area (Å²) in [5, 5.41) is 11.1. The van der Waals surface area contributed by atoms with E-state index in [0.29, 0.717) is 0 Å². The molecular weight excluding hydrogens is 208 g/mol. The summed E-state index contributed by atoms with van der Waals surface area (Å²) in [7, 11) is 0. The van der Waals surface area contributed by atoms with Crippen LogP contribution in [0.1, 0.15) is 55.4 Å². The van der Waals surface area contributed by atoms with Crippen LogP contribution in [0.4, 0.5) is 0 Å². The third kappa shape index (κ3) is 1.81. The van der Waals surface area contributed by atoms with Gasteiger partial charge < -0.3 is 5.11 Å². The van der Waals surface area contributed by atoms with E-state index in [0.717, 1.165) is 24.8 Å². The molecule has 1 nitrogen and oxygen atoms in total. The van der Waals surface area contributed by atoms with Crippen molar-refractivity contribution >= 4 is 0 Å². The molecule has 0 bridgehead atoms. The highest BCUT2D eigenvalue weighted by atomic mass is 16.3. The highest BCUT2D eigenvalue weighted by Crippen LogP contribution is 2.53. The van der Waals surface area contributed by atoms with Crippen molar-refractivity contribution in [1.29, 1.82) is 0 Å². The van der Waals surface area contributed by atoms with Gasteiger partial charge in [0.25, 0.3) is 0 Å². The lowest BCUT2D eigenvalue weighted by Crippen LogP contribution is -2.37. The molecule has 17 heavy (non-hydrogen) atoms. The van der Waals surface area contributed by atoms with Gasteiger partial charge in [-0.25, -0.2) is 0 Å². The zero-order valence-electron chi connectivity index (χ0n) is 11.7. The first-order valence-corrected chi connectivity index (χ1v) is 6.59. The lowest BCUT2D eigenvalue weighted by atomic mass is 9.72. The molecule has 1 saturated carbocycles. The van der Waals surface area contributed by atoms with Crippen molar-refractivity contribution in [2.45, 2.75) is 59.5 Å². The Morgan fingerprint density at radius 3 is 2.06 bits per heavy atom. The van der Waals surface area contributed by atoms with Gasteiger partial charge in [-0.1, -0.05) is 26.0 Å². The third-order valence-electron chi connectivity index (χ3n) is 4.75. The van der Waals surface area contributed by atoms with Crippen molar-refractivity contribution < 1.29 is 5.11 Å². The fourth-order valence-corrected chi connectivity index (χ4v) is 3.24. The van der Waals surface area contributed by atoms with Crippen LogP contribution >= 0.6 is 0 Å². The van der Waals surface area contributed by atoms with E-state index < -0.39 is 5.60 Å². The molecule has 1 fully saturated rings. The fourth-order valence-electron chi connectivity index (χ4n) is 3.24. The summed E-state index contributed by atoms with van der Waals surface area (Å²) in [6.45, 7) is 10.8. The topological polar surface area (TPSA) is 20.2 Å². The Labute approximate surface area is 105 Å². The molecule has 0 heterocycles. The van der Waals surface area contributed by atoms with E-state index >= 15 is 0 Å². The van der Waals surface area contributed by atoms with Gasteiger partial charge in [0.1, 0.15) is 0 Å². The molecule has 1 aliphatic carbocycles. The molecule has 1 N–H and O–H groups in total. The molecule has 1 aliphatic rings. The number of hydrogen-bond donors (Lipinski definition) is 1. The van der Waals surface area contributed by atoms with E-state index in [1.54, 1.807) is 0 Å². The predicted octanol–water partition coefficient (Wildman–Crippen LogP) is 4.01. The molecule has 1 unspecified atom stereocenters. The van der Waals surface area contributed by atoms with Crippen molar-refractivity contribution in [2.24, 2.45) is 5.41 Å². The minimum absolute atomic E-state index is 0.0144. The minimum atomic E-state index is -0.643. The van der Waals surface area contributed by atoms with E-state index in [1.165, 1.54) is 16.7 Å². The lowest BCUT2D eigenvalue weighted by Gasteiger charge is -2.38. The number of hydrogen-bond acceptors (Lipinski definition) is 1. The average Bonchev–Trinajstić information content (AvgIpc) is 2.48. The van der Waals surface area contributed by atoms with Crippen LogP contribution in [-0.4, -0.2) is 5.11 Å². The van der Waals surface area contributed by atoms with Gasteiger partial charge in [-0.3, -0.25) is 0 Å². The van der Waals surface area contributed by atoms with E-state index in [9.17, 15) is 5.11 Å². The minimum Gasteiger partial charge on any atom is -0.385 e. The SMILES string of the molecule is Cc1cc(C)c(C2(O)CCCC2(C)C)cc1C. The normalized spacial score (nSPS) is 27.4. The van der Waals surface area contributed by atoms with Crippen LogP contribution in [0, 0.1) is 26.2 Å². The number of benzene rings is 1. The first-order valence-electron chi connectivity index (χ1n) is 6.59. The van der Waals surface area contributed by atoms with E-state index in [4.69, 9.17) is 0 Å². The molecule has 0 amide bonds. The molecule has 0 saturated heterocycles. The van der Waals surface area contributed by atoms with Gasteiger partial charge >= 0.3 is 0 Å². The summed E-state index contributed by atoms with van der Waals surface area (Å²) >= 11 is 0. The summed E-state index contributed by atoms with van der Waals surface area (Å²) in [6, 6.07) is 4.40. The molecule has 0 aromatic heterocycles. The first kappa shape index (κ1) is 12.6. The van der Waals surface area contributed by atoms with Crippen molar-refractivity contribution in [1.82, 2.24) is 0 Å². The third-order valence-corrected chi connectivity index (χ3v) is 4.75. The van der Waals surface area contributed by atoms with Gasteiger partial charge in [0.15, 0.2) is 0 Å². The number of rotatable bonds is 1. The second-order valence-corrected chi connectivity index (χ2v) is 6.35. The highest BCUT2D eigenvalue weighted by molar-refractivity contribution is 5.41. The molecule has 1 aromatic carbocycles. The molecule has 0 spiro atoms. The molecule has 0 radical (unpaired) electrons. The van der Waals surface area contributed by atoms with Crippen molar-refractivity contribution in [3.63, 3.8) is 0 Å². The Bertz CT molecular complexity index is 445. The number of aryl methyl sites for hydroxylation is 3. The standard InChI is InChI=1S/C16H24O/c1-11-9-13(3)14(10-12(11)2)16(17)8-6-7-15(16,4)5/h9-10,17H,6-8H2,1-5H3. The predicted molar refractivity (Wildman–Crippen MR) is 72.2 cm³/mol. The maximum atomic E-state index is 11.1. The van der Waals surface area contributed by atoms with Crippen LogP contribution in [0.2, 0.25) is 0 Å². The Morgan fingerprint density at radius 2 is 1.53 bits per heavy atom. The second kappa shape index (κ2) is 3.84. The van der Waals surface area contributed by atoms with Crippen LogP contribution in [-0.2, 0) is 5.60 Å². The number of aliphatic hydroxyl groups is 1. The summed E-state index contributed by atoms with van der Waals surface area (Å²) in [5.74, 6) is 0. The molecule has 94 valence electrons. The van der Waals surface area contributed by atoms with Crippen molar-refractivity contribution in [3.8, 4) is 0 Å². The molecule has 1 atom stereocenters. The van der Waals surface area contributed by atoms with Crippen LogP contribution < -0.4 is 0 Å². The van der Waals surface area contributed by atoms with Crippen molar-refractivity contribution in [2.75, 3.05) is 0 Å². The zero-order valence-corrected chi connectivity index (χ0v) is 11.7. The zero-order chi connectivity index (χ0) is 12.8. The van der Waals surface area contributed by atoms with Gasteiger partial charge in [-0.15, -0.1) is 0 Å². The van der Waals surface area contributed by atoms with Gasteiger partial charge in [0.2, 0.25) is 0 Å². The monoisotopic (exact) mass is 232 g/mol. The first-order chi connectivity index (χ1) is 7.78. The maximum Gasteiger partial charge on any atom is 0.0949 e. The molecule has 1 aromatic rings. The van der Waals surface area contributed by atoms with Gasteiger partial charge in [0, 0.05) is 0 Å². The molecule has 1 heteroatoms. The summed E-state index contributed by atoms with van der Waals surface area (Å²) in [5.41, 5.74) is 4.30. The average molecular weight is 232 g/mol. The van der Waals surface area contributed by atoms with E-state index in [2.05, 4.69) is 46.8 Å². The largest absolute Gasteiger partial charge is 0.385 e. The Morgan fingerprint density at radius 1 is 0.941 bits per heavy atom. The molecule has 2 rings (SSSR count). The quantitative estimate of drug-likeness (QED) is 0.775. The van der Waals surface area contributed by atoms with E-state index in [1.807, 2.05) is 0 Å². The lowest BCUT2D eigenvalue weighted by molar-refractivity contribution is -0.0490. The van der Waals surface area contributed by atoms with Crippen molar-refractivity contribution in [3.05, 3.63) is 34.4 Å². The summed E-state index contributed by atoms with van der Waals surface area (Å²) in [4.78, 5) is 0. The maximum absolute atomic E-state index is 11.1.